The molecular formula is C27H27ClF2N4O4. The molecule has 2 heterocycles. The van der Waals surface area contributed by atoms with Crippen LogP contribution in [0.2, 0.25) is 5.02 Å². The van der Waals surface area contributed by atoms with Gasteiger partial charge < -0.3 is 20.3 Å². The van der Waals surface area contributed by atoms with E-state index in [2.05, 4.69) is 15.4 Å². The van der Waals surface area contributed by atoms with Crippen molar-refractivity contribution < 1.29 is 28.5 Å². The van der Waals surface area contributed by atoms with Crippen LogP contribution >= 0.6 is 11.6 Å². The van der Waals surface area contributed by atoms with Crippen LogP contribution in [-0.2, 0) is 11.4 Å². The van der Waals surface area contributed by atoms with E-state index in [1.165, 1.54) is 10.9 Å². The maximum absolute atomic E-state index is 14.3. The Bertz CT molecular complexity index is 1480. The molecule has 4 aromatic rings. The molecule has 8 nitrogen and oxygen atoms in total. The van der Waals surface area contributed by atoms with Gasteiger partial charge in [0.05, 0.1) is 35.8 Å². The quantitative estimate of drug-likeness (QED) is 0.288. The first-order valence-electron chi connectivity index (χ1n) is 11.9. The van der Waals surface area contributed by atoms with Gasteiger partial charge in [-0.2, -0.15) is 5.10 Å². The van der Waals surface area contributed by atoms with Crippen molar-refractivity contribution in [3.05, 3.63) is 82.3 Å². The zero-order chi connectivity index (χ0) is 27.6. The van der Waals surface area contributed by atoms with Gasteiger partial charge in [0.2, 0.25) is 5.91 Å². The van der Waals surface area contributed by atoms with Gasteiger partial charge in [-0.3, -0.25) is 4.79 Å². The predicted molar refractivity (Wildman–Crippen MR) is 138 cm³/mol. The van der Waals surface area contributed by atoms with Crippen molar-refractivity contribution in [1.82, 2.24) is 20.1 Å². The molecule has 38 heavy (non-hydrogen) atoms. The molecule has 0 bridgehead atoms. The number of aliphatic hydroxyl groups is 2. The largest absolute Gasteiger partial charge is 0.487 e. The van der Waals surface area contributed by atoms with Crippen LogP contribution in [0.4, 0.5) is 8.78 Å². The summed E-state index contributed by atoms with van der Waals surface area (Å²) in [5.41, 5.74) is 2.29. The highest BCUT2D eigenvalue weighted by atomic mass is 35.5. The Labute approximate surface area is 222 Å². The number of fused-ring (bicyclic) bond motifs is 1. The average molecular weight is 545 g/mol. The molecule has 0 saturated heterocycles. The second-order valence-corrected chi connectivity index (χ2v) is 9.62. The van der Waals surface area contributed by atoms with Crippen LogP contribution in [0.15, 0.2) is 48.8 Å². The van der Waals surface area contributed by atoms with Gasteiger partial charge in [-0.25, -0.2) is 18.4 Å². The first-order valence-corrected chi connectivity index (χ1v) is 12.3. The molecule has 1 amide bonds. The average Bonchev–Trinajstić information content (AvgIpc) is 3.31. The summed E-state index contributed by atoms with van der Waals surface area (Å²) in [5, 5.41) is 27.4. The number of amides is 1. The summed E-state index contributed by atoms with van der Waals surface area (Å²) < 4.78 is 35.5. The van der Waals surface area contributed by atoms with E-state index in [-0.39, 0.29) is 23.1 Å². The van der Waals surface area contributed by atoms with Crippen LogP contribution < -0.4 is 10.1 Å². The number of hydrogen-bond donors (Lipinski definition) is 3. The summed E-state index contributed by atoms with van der Waals surface area (Å²) in [4.78, 5) is 17.0. The van der Waals surface area contributed by atoms with Crippen molar-refractivity contribution in [2.24, 2.45) is 5.92 Å². The summed E-state index contributed by atoms with van der Waals surface area (Å²) in [6.07, 6.45) is 1.05. The number of hydrogen-bond acceptors (Lipinski definition) is 6. The summed E-state index contributed by atoms with van der Waals surface area (Å²) in [5.74, 6) is -1.83. The second kappa shape index (κ2) is 11.4. The fourth-order valence-corrected chi connectivity index (χ4v) is 4.35. The highest BCUT2D eigenvalue weighted by molar-refractivity contribution is 6.31. The lowest BCUT2D eigenvalue weighted by Crippen LogP contribution is -2.41. The van der Waals surface area contributed by atoms with Crippen molar-refractivity contribution in [2.75, 3.05) is 6.61 Å². The Balaban J connectivity index is 1.69. The monoisotopic (exact) mass is 544 g/mol. The lowest BCUT2D eigenvalue weighted by molar-refractivity contribution is -0.132. The molecule has 0 saturated carbocycles. The molecule has 0 radical (unpaired) electrons. The number of rotatable bonds is 9. The molecule has 0 fully saturated rings. The third-order valence-electron chi connectivity index (χ3n) is 6.05. The molecule has 0 aliphatic heterocycles. The minimum absolute atomic E-state index is 0.0363. The van der Waals surface area contributed by atoms with Crippen molar-refractivity contribution in [2.45, 2.75) is 39.5 Å². The third kappa shape index (κ3) is 5.77. The molecule has 2 atom stereocenters. The van der Waals surface area contributed by atoms with Crippen molar-refractivity contribution in [1.29, 1.82) is 0 Å². The smallest absolute Gasteiger partial charge is 0.249 e. The van der Waals surface area contributed by atoms with Crippen molar-refractivity contribution in [3.8, 4) is 11.4 Å². The van der Waals surface area contributed by atoms with Gasteiger partial charge in [-0.05, 0) is 42.7 Å². The highest BCUT2D eigenvalue weighted by Gasteiger charge is 2.25. The van der Waals surface area contributed by atoms with Gasteiger partial charge in [0.25, 0.3) is 0 Å². The number of benzene rings is 2. The minimum Gasteiger partial charge on any atom is -0.487 e. The number of aromatic nitrogens is 3. The fourth-order valence-electron chi connectivity index (χ4n) is 4.09. The molecule has 0 spiro atoms. The number of halogens is 3. The third-order valence-corrected chi connectivity index (χ3v) is 6.39. The number of nitrogens with zero attached hydrogens (tertiary/aromatic N) is 3. The normalized spacial score (nSPS) is 13.1. The van der Waals surface area contributed by atoms with Crippen LogP contribution in [0.25, 0.3) is 16.6 Å². The zero-order valence-corrected chi connectivity index (χ0v) is 21.7. The zero-order valence-electron chi connectivity index (χ0n) is 21.0. The van der Waals surface area contributed by atoms with E-state index in [0.29, 0.717) is 33.6 Å². The molecule has 0 aliphatic carbocycles. The first kappa shape index (κ1) is 27.4. The van der Waals surface area contributed by atoms with E-state index >= 15 is 0 Å². The van der Waals surface area contributed by atoms with E-state index in [9.17, 15) is 23.8 Å². The first-order chi connectivity index (χ1) is 18.1. The van der Waals surface area contributed by atoms with Crippen LogP contribution in [-0.4, -0.2) is 43.6 Å². The fraction of sp³-hybridized carbons (Fsp3) is 0.296. The Morgan fingerprint density at radius 1 is 1.21 bits per heavy atom. The van der Waals surface area contributed by atoms with Gasteiger partial charge in [-0.1, -0.05) is 37.6 Å². The second-order valence-electron chi connectivity index (χ2n) is 9.21. The van der Waals surface area contributed by atoms with Gasteiger partial charge in [0, 0.05) is 16.6 Å². The summed E-state index contributed by atoms with van der Waals surface area (Å²) in [7, 11) is 0. The topological polar surface area (TPSA) is 110 Å². The van der Waals surface area contributed by atoms with Crippen LogP contribution in [0.1, 0.15) is 36.7 Å². The molecule has 1 unspecified atom stereocenters. The lowest BCUT2D eigenvalue weighted by atomic mass is 9.99. The Kier molecular flexibility index (Phi) is 8.25. The van der Waals surface area contributed by atoms with Crippen LogP contribution in [0.3, 0.4) is 0 Å². The van der Waals surface area contributed by atoms with Crippen LogP contribution in [0.5, 0.6) is 5.75 Å². The van der Waals surface area contributed by atoms with E-state index in [1.54, 1.807) is 45.0 Å². The number of nitrogens with one attached hydrogen (secondary N) is 1. The van der Waals surface area contributed by atoms with Crippen molar-refractivity contribution in [3.63, 3.8) is 0 Å². The molecule has 2 aromatic carbocycles. The lowest BCUT2D eigenvalue weighted by Gasteiger charge is -2.24. The Morgan fingerprint density at radius 2 is 1.97 bits per heavy atom. The van der Waals surface area contributed by atoms with Gasteiger partial charge in [0.15, 0.2) is 5.82 Å². The standard InChI is InChI=1S/C27H27ClF2N4O4/c1-14(2)26(36)27(37)33-22(12-35)19-8-16(29)9-21(28)20(19)13-38-24-6-4-5-18-23(7-15(3)32-25(18)24)34-11-17(30)10-31-34/h4-11,14,22,26,35-36H,12-13H2,1-3H3,(H,33,37)/t22-,26?/m0/s1. The van der Waals surface area contributed by atoms with E-state index < -0.39 is 36.3 Å². The van der Waals surface area contributed by atoms with Gasteiger partial charge in [-0.15, -0.1) is 0 Å². The van der Waals surface area contributed by atoms with Gasteiger partial charge >= 0.3 is 0 Å². The van der Waals surface area contributed by atoms with E-state index in [0.717, 1.165) is 18.3 Å². The molecule has 200 valence electrons. The summed E-state index contributed by atoms with van der Waals surface area (Å²) in [6, 6.07) is 8.24. The maximum atomic E-state index is 14.3. The van der Waals surface area contributed by atoms with Crippen molar-refractivity contribution >= 4 is 28.4 Å². The highest BCUT2D eigenvalue weighted by Crippen LogP contribution is 2.32. The molecule has 3 N–H and O–H groups in total. The number of ether oxygens (including phenoxy) is 1. The SMILES string of the molecule is Cc1cc(-n2cc(F)cn2)c2cccc(OCc3c(Cl)cc(F)cc3[C@H](CO)NC(=O)C(O)C(C)C)c2n1. The number of para-hydroxylation sites is 1. The summed E-state index contributed by atoms with van der Waals surface area (Å²) >= 11 is 6.38. The van der Waals surface area contributed by atoms with Crippen LogP contribution in [0, 0.1) is 24.5 Å². The number of aliphatic hydroxyl groups excluding tert-OH is 2. The molecular weight excluding hydrogens is 518 g/mol. The van der Waals surface area contributed by atoms with Gasteiger partial charge in [0.1, 0.15) is 29.8 Å². The van der Waals surface area contributed by atoms with E-state index in [4.69, 9.17) is 16.3 Å². The number of carbonyl (C=O) groups is 1. The molecule has 4 rings (SSSR count). The van der Waals surface area contributed by atoms with E-state index in [1.807, 2.05) is 0 Å². The Morgan fingerprint density at radius 3 is 2.63 bits per heavy atom. The Hall–Kier alpha value is -3.60. The molecule has 11 heteroatoms. The molecule has 0 aliphatic rings. The molecule has 2 aromatic heterocycles. The maximum Gasteiger partial charge on any atom is 0.249 e. The number of pyridine rings is 1. The summed E-state index contributed by atoms with van der Waals surface area (Å²) in [6.45, 7) is 4.42. The predicted octanol–water partition coefficient (Wildman–Crippen LogP) is 4.41. The number of carbonyl (C=O) groups excluding carboxylic acids is 1. The minimum atomic E-state index is -1.31. The number of aryl methyl sites for hydroxylation is 1.